The van der Waals surface area contributed by atoms with E-state index in [2.05, 4.69) is 10.3 Å². The third-order valence-corrected chi connectivity index (χ3v) is 4.44. The normalized spacial score (nSPS) is 18.1. The first-order chi connectivity index (χ1) is 13.6. The van der Waals surface area contributed by atoms with Crippen molar-refractivity contribution in [1.29, 1.82) is 0 Å². The molecule has 2 heterocycles. The number of carbonyl (C=O) groups excluding carboxylic acids is 2. The van der Waals surface area contributed by atoms with Crippen LogP contribution in [-0.2, 0) is 9.63 Å². The van der Waals surface area contributed by atoms with E-state index in [1.54, 1.807) is 18.3 Å². The molecule has 2 aromatic rings. The van der Waals surface area contributed by atoms with Crippen molar-refractivity contribution in [3.63, 3.8) is 0 Å². The Kier molecular flexibility index (Phi) is 6.39. The minimum absolute atomic E-state index is 0.337. The molecule has 0 saturated carbocycles. The van der Waals surface area contributed by atoms with Crippen molar-refractivity contribution in [2.75, 3.05) is 20.8 Å². The smallest absolute Gasteiger partial charge is 0.268 e. The summed E-state index contributed by atoms with van der Waals surface area (Å²) in [5, 5.41) is 3.93. The van der Waals surface area contributed by atoms with Crippen LogP contribution in [0.1, 0.15) is 23.2 Å². The highest BCUT2D eigenvalue weighted by Crippen LogP contribution is 2.25. The van der Waals surface area contributed by atoms with Gasteiger partial charge in [-0.15, -0.1) is 0 Å². The predicted octanol–water partition coefficient (Wildman–Crippen LogP) is 2.60. The Hall–Kier alpha value is -3.19. The van der Waals surface area contributed by atoms with Crippen molar-refractivity contribution >= 4 is 11.8 Å². The molecule has 1 aliphatic rings. The van der Waals surface area contributed by atoms with Gasteiger partial charge in [0.1, 0.15) is 11.8 Å². The van der Waals surface area contributed by atoms with Gasteiger partial charge in [0.25, 0.3) is 11.8 Å². The standard InChI is InChI=1S/C21H23N3O4/c1-24(27-2)21(26)18-11-4-3-5-13-28-16-9-6-8-15(14-16)19-17(20(25)23-18)10-7-12-22-19/h3-4,6-10,12,14,18H,5,11,13H2,1-2H3,(H,23,25)/b4-3-/t18-/m0/s1. The van der Waals surface area contributed by atoms with Crippen LogP contribution in [-0.4, -0.2) is 48.7 Å². The molecule has 1 aromatic heterocycles. The molecule has 3 rings (SSSR count). The Morgan fingerprint density at radius 2 is 2.14 bits per heavy atom. The van der Waals surface area contributed by atoms with Crippen LogP contribution in [0.3, 0.4) is 0 Å². The van der Waals surface area contributed by atoms with Crippen molar-refractivity contribution in [2.24, 2.45) is 0 Å². The number of hydrogen-bond donors (Lipinski definition) is 1. The minimum Gasteiger partial charge on any atom is -0.493 e. The summed E-state index contributed by atoms with van der Waals surface area (Å²) in [6.07, 6.45) is 6.46. The van der Waals surface area contributed by atoms with Gasteiger partial charge in [-0.1, -0.05) is 24.3 Å². The zero-order valence-corrected chi connectivity index (χ0v) is 15.9. The van der Waals surface area contributed by atoms with Crippen LogP contribution in [0.5, 0.6) is 5.75 Å². The molecule has 0 unspecified atom stereocenters. The average molecular weight is 381 g/mol. The highest BCUT2D eigenvalue weighted by molar-refractivity contribution is 6.02. The van der Waals surface area contributed by atoms with Gasteiger partial charge in [-0.3, -0.25) is 19.4 Å². The maximum Gasteiger partial charge on any atom is 0.268 e. The number of nitrogens with zero attached hydrogens (tertiary/aromatic N) is 2. The number of hydroxylamine groups is 2. The number of likely N-dealkylation sites (N-methyl/N-ethyl adjacent to an activating group) is 1. The summed E-state index contributed by atoms with van der Waals surface area (Å²) >= 11 is 0. The van der Waals surface area contributed by atoms with Gasteiger partial charge in [-0.05, 0) is 37.1 Å². The van der Waals surface area contributed by atoms with Crippen molar-refractivity contribution in [2.45, 2.75) is 18.9 Å². The second-order valence-electron chi connectivity index (χ2n) is 6.32. The molecule has 0 fully saturated rings. The number of aromatic nitrogens is 1. The van der Waals surface area contributed by atoms with E-state index in [0.29, 0.717) is 30.7 Å². The Morgan fingerprint density at radius 3 is 2.96 bits per heavy atom. The molecule has 7 nitrogen and oxygen atoms in total. The van der Waals surface area contributed by atoms with E-state index >= 15 is 0 Å². The number of hydrogen-bond acceptors (Lipinski definition) is 5. The molecule has 0 saturated heterocycles. The van der Waals surface area contributed by atoms with E-state index in [1.807, 2.05) is 36.4 Å². The SMILES string of the molecule is CON(C)C(=O)[C@@H]1C/C=C\CCOc2cccc(c2)-c2ncccc2C(=O)N1. The van der Waals surface area contributed by atoms with E-state index in [9.17, 15) is 9.59 Å². The fraction of sp³-hybridized carbons (Fsp3) is 0.286. The number of nitrogens with one attached hydrogen (secondary N) is 1. The maximum absolute atomic E-state index is 13.0. The highest BCUT2D eigenvalue weighted by atomic mass is 16.7. The number of benzene rings is 1. The molecule has 0 spiro atoms. The molecule has 28 heavy (non-hydrogen) atoms. The van der Waals surface area contributed by atoms with E-state index in [4.69, 9.17) is 9.57 Å². The zero-order chi connectivity index (χ0) is 19.9. The second kappa shape index (κ2) is 9.14. The molecule has 7 heteroatoms. The number of rotatable bonds is 2. The average Bonchev–Trinajstić information content (AvgIpc) is 2.73. The Balaban J connectivity index is 2.00. The van der Waals surface area contributed by atoms with Crippen LogP contribution in [0.2, 0.25) is 0 Å². The molecule has 2 amide bonds. The van der Waals surface area contributed by atoms with Gasteiger partial charge in [0.15, 0.2) is 0 Å². The molecule has 1 aliphatic heterocycles. The van der Waals surface area contributed by atoms with Crippen molar-refractivity contribution in [3.05, 3.63) is 60.3 Å². The van der Waals surface area contributed by atoms with Gasteiger partial charge in [0.2, 0.25) is 0 Å². The first-order valence-corrected chi connectivity index (χ1v) is 9.06. The molecule has 2 bridgehead atoms. The van der Waals surface area contributed by atoms with E-state index in [-0.39, 0.29) is 11.8 Å². The summed E-state index contributed by atoms with van der Waals surface area (Å²) in [4.78, 5) is 34.9. The minimum atomic E-state index is -0.753. The van der Waals surface area contributed by atoms with Crippen molar-refractivity contribution in [1.82, 2.24) is 15.4 Å². The number of fused-ring (bicyclic) bond motifs is 4. The van der Waals surface area contributed by atoms with E-state index in [1.165, 1.54) is 14.2 Å². The highest BCUT2D eigenvalue weighted by Gasteiger charge is 2.25. The first kappa shape index (κ1) is 19.6. The zero-order valence-electron chi connectivity index (χ0n) is 15.9. The summed E-state index contributed by atoms with van der Waals surface area (Å²) in [5.74, 6) is 0.00811. The van der Waals surface area contributed by atoms with Gasteiger partial charge in [-0.2, -0.15) is 0 Å². The van der Waals surface area contributed by atoms with Crippen LogP contribution >= 0.6 is 0 Å². The fourth-order valence-electron chi connectivity index (χ4n) is 2.91. The first-order valence-electron chi connectivity index (χ1n) is 9.06. The third kappa shape index (κ3) is 4.55. The molecule has 1 aromatic carbocycles. The van der Waals surface area contributed by atoms with Crippen molar-refractivity contribution in [3.8, 4) is 17.0 Å². The molecule has 0 aliphatic carbocycles. The molecule has 0 radical (unpaired) electrons. The molecular formula is C21H23N3O4. The summed E-state index contributed by atoms with van der Waals surface area (Å²) in [7, 11) is 2.92. The third-order valence-electron chi connectivity index (χ3n) is 4.44. The lowest BCUT2D eigenvalue weighted by atomic mass is 10.0. The van der Waals surface area contributed by atoms with Gasteiger partial charge in [-0.25, -0.2) is 5.06 Å². The second-order valence-corrected chi connectivity index (χ2v) is 6.32. The van der Waals surface area contributed by atoms with Gasteiger partial charge in [0.05, 0.1) is 25.0 Å². The predicted molar refractivity (Wildman–Crippen MR) is 105 cm³/mol. The van der Waals surface area contributed by atoms with Crippen LogP contribution in [0.15, 0.2) is 54.7 Å². The topological polar surface area (TPSA) is 80.8 Å². The van der Waals surface area contributed by atoms with E-state index < -0.39 is 6.04 Å². The molecule has 1 atom stereocenters. The van der Waals surface area contributed by atoms with E-state index in [0.717, 1.165) is 16.4 Å². The summed E-state index contributed by atoms with van der Waals surface area (Å²) in [6.45, 7) is 0.512. The summed E-state index contributed by atoms with van der Waals surface area (Å²) < 4.78 is 5.79. The summed E-state index contributed by atoms with van der Waals surface area (Å²) in [6, 6.07) is 10.1. The van der Waals surface area contributed by atoms with Crippen molar-refractivity contribution < 1.29 is 19.2 Å². The molecular weight excluding hydrogens is 358 g/mol. The molecule has 1 N–H and O–H groups in total. The van der Waals surface area contributed by atoms with Crippen LogP contribution < -0.4 is 10.1 Å². The Bertz CT molecular complexity index is 881. The number of carbonyl (C=O) groups is 2. The quantitative estimate of drug-likeness (QED) is 0.639. The monoisotopic (exact) mass is 381 g/mol. The Morgan fingerprint density at radius 1 is 1.29 bits per heavy atom. The number of ether oxygens (including phenoxy) is 1. The summed E-state index contributed by atoms with van der Waals surface area (Å²) in [5.41, 5.74) is 1.69. The van der Waals surface area contributed by atoms with Crippen LogP contribution in [0.4, 0.5) is 0 Å². The lowest BCUT2D eigenvalue weighted by molar-refractivity contribution is -0.170. The Labute approximate surface area is 163 Å². The van der Waals surface area contributed by atoms with Gasteiger partial charge < -0.3 is 10.1 Å². The van der Waals surface area contributed by atoms with Gasteiger partial charge in [0, 0.05) is 18.8 Å². The fourth-order valence-corrected chi connectivity index (χ4v) is 2.91. The van der Waals surface area contributed by atoms with Crippen LogP contribution in [0, 0.1) is 0 Å². The lowest BCUT2D eigenvalue weighted by Crippen LogP contribution is -2.47. The maximum atomic E-state index is 13.0. The largest absolute Gasteiger partial charge is 0.493 e. The van der Waals surface area contributed by atoms with Crippen LogP contribution in [0.25, 0.3) is 11.3 Å². The lowest BCUT2D eigenvalue weighted by Gasteiger charge is -2.22. The molecule has 146 valence electrons. The number of pyridine rings is 1. The number of amides is 2. The van der Waals surface area contributed by atoms with Gasteiger partial charge >= 0.3 is 0 Å².